The summed E-state index contributed by atoms with van der Waals surface area (Å²) in [5.41, 5.74) is 7.51. The number of rotatable bonds is 16. The van der Waals surface area contributed by atoms with Crippen LogP contribution >= 0.6 is 0 Å². The van der Waals surface area contributed by atoms with E-state index in [9.17, 15) is 0 Å². The Bertz CT molecular complexity index is 1720. The first-order valence-corrected chi connectivity index (χ1v) is 18.7. The van der Waals surface area contributed by atoms with Crippen molar-refractivity contribution in [2.45, 2.75) is 88.4 Å². The Labute approximate surface area is 302 Å². The zero-order valence-corrected chi connectivity index (χ0v) is 29.7. The van der Waals surface area contributed by atoms with Gasteiger partial charge in [0.05, 0.1) is 24.7 Å². The normalized spacial score (nSPS) is 20.3. The molecule has 0 amide bonds. The quantitative estimate of drug-likeness (QED) is 0.0503. The Morgan fingerprint density at radius 3 is 2.45 bits per heavy atom. The second-order valence-corrected chi connectivity index (χ2v) is 13.8. The molecule has 0 bridgehead atoms. The minimum atomic E-state index is -0.643. The molecule has 268 valence electrons. The molecule has 7 heteroatoms. The zero-order chi connectivity index (χ0) is 34.9. The summed E-state index contributed by atoms with van der Waals surface area (Å²) >= 11 is 0. The molecule has 3 aliphatic rings. The number of ether oxygens (including phenoxy) is 3. The van der Waals surface area contributed by atoms with Gasteiger partial charge in [-0.05, 0) is 103 Å². The minimum Gasteiger partial charge on any atom is -0.494 e. The Balaban J connectivity index is 1.14. The van der Waals surface area contributed by atoms with Gasteiger partial charge in [-0.2, -0.15) is 4.89 Å². The van der Waals surface area contributed by atoms with Crippen molar-refractivity contribution in [3.8, 4) is 17.2 Å². The van der Waals surface area contributed by atoms with Gasteiger partial charge in [-0.1, -0.05) is 80.1 Å². The van der Waals surface area contributed by atoms with E-state index in [4.69, 9.17) is 33.8 Å². The predicted octanol–water partition coefficient (Wildman–Crippen LogP) is 9.40. The van der Waals surface area contributed by atoms with Crippen LogP contribution in [0.25, 0.3) is 0 Å². The van der Waals surface area contributed by atoms with Crippen molar-refractivity contribution in [1.82, 2.24) is 0 Å². The topological polar surface area (TPSA) is 64.6 Å². The van der Waals surface area contributed by atoms with Gasteiger partial charge in [-0.25, -0.2) is 9.78 Å². The lowest BCUT2D eigenvalue weighted by Crippen LogP contribution is -2.50. The summed E-state index contributed by atoms with van der Waals surface area (Å²) in [6, 6.07) is 31.4. The fraction of sp³-hybridized carbons (Fsp3) is 0.409. The highest BCUT2D eigenvalue weighted by Crippen LogP contribution is 2.50. The van der Waals surface area contributed by atoms with Crippen molar-refractivity contribution < 1.29 is 33.8 Å². The van der Waals surface area contributed by atoms with E-state index in [-0.39, 0.29) is 18.6 Å². The molecule has 0 radical (unpaired) electrons. The van der Waals surface area contributed by atoms with Crippen LogP contribution in [0.15, 0.2) is 104 Å². The summed E-state index contributed by atoms with van der Waals surface area (Å²) in [5.74, 6) is 2.39. The van der Waals surface area contributed by atoms with Gasteiger partial charge in [-0.3, -0.25) is 0 Å². The molecule has 4 aromatic carbocycles. The molecule has 0 aromatic heterocycles. The van der Waals surface area contributed by atoms with Gasteiger partial charge < -0.3 is 19.1 Å². The molecule has 2 aliphatic carbocycles. The molecule has 0 saturated heterocycles. The maximum absolute atomic E-state index is 7.32. The van der Waals surface area contributed by atoms with Crippen LogP contribution in [0.5, 0.6) is 17.2 Å². The van der Waals surface area contributed by atoms with Crippen LogP contribution < -0.4 is 14.4 Å². The second kappa shape index (κ2) is 16.9. The summed E-state index contributed by atoms with van der Waals surface area (Å²) < 4.78 is 20.4. The highest BCUT2D eigenvalue weighted by atomic mass is 17.2. The Hall–Kier alpha value is -4.14. The van der Waals surface area contributed by atoms with Gasteiger partial charge in [0.1, 0.15) is 24.7 Å². The van der Waals surface area contributed by atoms with E-state index in [0.717, 1.165) is 55.6 Å². The van der Waals surface area contributed by atoms with E-state index in [1.54, 1.807) is 6.08 Å². The molecule has 1 heterocycles. The number of fused-ring (bicyclic) bond motifs is 7. The third kappa shape index (κ3) is 7.87. The summed E-state index contributed by atoms with van der Waals surface area (Å²) in [6.07, 6.45) is 9.97. The molecule has 0 fully saturated rings. The summed E-state index contributed by atoms with van der Waals surface area (Å²) in [4.78, 5) is 22.2. The van der Waals surface area contributed by atoms with Gasteiger partial charge in [-0.15, -0.1) is 6.58 Å². The third-order valence-electron chi connectivity index (χ3n) is 10.5. The maximum atomic E-state index is 7.32. The standard InChI is InChI=1S/C44H50O7/c1-3-27-44(34-15-6-5-7-16-34,31-48-51-36-23-21-35(22-24-36)45-29-12-30-47-46-28-4-2)43-49-39-25-19-32-13-8-10-17-37(32)41(39)42-38-18-11-9-14-33(38)20-26-40(42)50-43/h4-8,10,13,15-17,20-24,26,39,41,43H,2-3,9,11-12,14,18-19,25,27-31H2,1H3/t39?,41-,43?,44-/m0/s1. The van der Waals surface area contributed by atoms with Gasteiger partial charge in [0.15, 0.2) is 5.75 Å². The smallest absolute Gasteiger partial charge is 0.212 e. The molecule has 51 heavy (non-hydrogen) atoms. The van der Waals surface area contributed by atoms with E-state index >= 15 is 0 Å². The monoisotopic (exact) mass is 690 g/mol. The highest BCUT2D eigenvalue weighted by molar-refractivity contribution is 5.55. The SMILES string of the molecule is C=CCOOCCCOc1ccc(OOC[C@@](CCC)(c2ccccc2)C2Oc3ccc4c(c3[C@H]3c5ccccc5CCC3O2)CCCC4)cc1. The zero-order valence-electron chi connectivity index (χ0n) is 29.7. The van der Waals surface area contributed by atoms with E-state index in [2.05, 4.69) is 80.2 Å². The van der Waals surface area contributed by atoms with Crippen LogP contribution in [0.4, 0.5) is 0 Å². The molecule has 2 unspecified atom stereocenters. The van der Waals surface area contributed by atoms with Crippen LogP contribution in [0.2, 0.25) is 0 Å². The van der Waals surface area contributed by atoms with E-state index < -0.39 is 11.7 Å². The average Bonchev–Trinajstić information content (AvgIpc) is 3.36. The van der Waals surface area contributed by atoms with Crippen molar-refractivity contribution in [2.75, 3.05) is 26.4 Å². The molecule has 7 rings (SSSR count). The first-order chi connectivity index (χ1) is 25.2. The number of aryl methyl sites for hydroxylation is 2. The molecule has 4 atom stereocenters. The van der Waals surface area contributed by atoms with Crippen molar-refractivity contribution in [1.29, 1.82) is 0 Å². The van der Waals surface area contributed by atoms with Gasteiger partial charge in [0, 0.05) is 17.9 Å². The predicted molar refractivity (Wildman–Crippen MR) is 197 cm³/mol. The van der Waals surface area contributed by atoms with Gasteiger partial charge in [0.2, 0.25) is 6.29 Å². The molecule has 0 saturated carbocycles. The molecular formula is C44H50O7. The second-order valence-electron chi connectivity index (χ2n) is 13.8. The number of hydrogen-bond donors (Lipinski definition) is 0. The average molecular weight is 691 g/mol. The fourth-order valence-electron chi connectivity index (χ4n) is 8.14. The van der Waals surface area contributed by atoms with Crippen LogP contribution in [-0.4, -0.2) is 38.8 Å². The lowest BCUT2D eigenvalue weighted by molar-refractivity contribution is -0.287. The van der Waals surface area contributed by atoms with Gasteiger partial charge in [0.25, 0.3) is 0 Å². The molecule has 1 aliphatic heterocycles. The summed E-state index contributed by atoms with van der Waals surface area (Å²) in [6.45, 7) is 7.36. The Morgan fingerprint density at radius 2 is 1.61 bits per heavy atom. The molecule has 4 aromatic rings. The molecule has 0 spiro atoms. The van der Waals surface area contributed by atoms with E-state index in [1.807, 2.05) is 24.3 Å². The van der Waals surface area contributed by atoms with Crippen LogP contribution in [0, 0.1) is 0 Å². The fourth-order valence-corrected chi connectivity index (χ4v) is 8.14. The molecular weight excluding hydrogens is 640 g/mol. The lowest BCUT2D eigenvalue weighted by Gasteiger charge is -2.41. The van der Waals surface area contributed by atoms with Crippen LogP contribution in [-0.2, 0) is 44.1 Å². The minimum absolute atomic E-state index is 0.0285. The lowest BCUT2D eigenvalue weighted by atomic mass is 9.73. The first-order valence-electron chi connectivity index (χ1n) is 18.7. The Morgan fingerprint density at radius 1 is 0.804 bits per heavy atom. The maximum Gasteiger partial charge on any atom is 0.212 e. The molecule has 0 N–H and O–H groups in total. The number of hydrogen-bond acceptors (Lipinski definition) is 7. The summed E-state index contributed by atoms with van der Waals surface area (Å²) in [7, 11) is 0. The Kier molecular flexibility index (Phi) is 11.7. The van der Waals surface area contributed by atoms with Crippen LogP contribution in [0.1, 0.15) is 84.7 Å². The van der Waals surface area contributed by atoms with E-state index in [1.165, 1.54) is 40.7 Å². The van der Waals surface area contributed by atoms with Gasteiger partial charge >= 0.3 is 0 Å². The van der Waals surface area contributed by atoms with Crippen molar-refractivity contribution >= 4 is 0 Å². The van der Waals surface area contributed by atoms with Crippen molar-refractivity contribution in [3.63, 3.8) is 0 Å². The van der Waals surface area contributed by atoms with Crippen molar-refractivity contribution in [3.05, 3.63) is 137 Å². The third-order valence-corrected chi connectivity index (χ3v) is 10.5. The summed E-state index contributed by atoms with van der Waals surface area (Å²) in [5, 5.41) is 0. The largest absolute Gasteiger partial charge is 0.494 e. The van der Waals surface area contributed by atoms with Crippen molar-refractivity contribution in [2.24, 2.45) is 0 Å². The van der Waals surface area contributed by atoms with E-state index in [0.29, 0.717) is 32.0 Å². The molecule has 7 nitrogen and oxygen atoms in total. The number of benzene rings is 4. The first kappa shape index (κ1) is 35.3. The van der Waals surface area contributed by atoms with Crippen LogP contribution in [0.3, 0.4) is 0 Å². The highest BCUT2D eigenvalue weighted by Gasteiger charge is 2.49.